The maximum Gasteiger partial charge on any atom is 0.296 e. The molecule has 62 heavy (non-hydrogen) atoms. The molecule has 0 fully saturated rings. The van der Waals surface area contributed by atoms with Gasteiger partial charge in [-0.3, -0.25) is 34.1 Å². The summed E-state index contributed by atoms with van der Waals surface area (Å²) in [5.41, 5.74) is 9.77. The molecule has 24 heteroatoms. The van der Waals surface area contributed by atoms with Gasteiger partial charge in [-0.25, -0.2) is 0 Å². The molecule has 0 saturated heterocycles. The molecule has 21 nitrogen and oxygen atoms in total. The van der Waals surface area contributed by atoms with Crippen molar-refractivity contribution in [2.45, 2.75) is 9.79 Å². The highest BCUT2D eigenvalue weighted by atomic mass is 32.2. The molecule has 0 bridgehead atoms. The maximum atomic E-state index is 13.7. The molecule has 2 aliphatic carbocycles. The van der Waals surface area contributed by atoms with Crippen molar-refractivity contribution in [3.63, 3.8) is 0 Å². The first kappa shape index (κ1) is 42.5. The van der Waals surface area contributed by atoms with Crippen molar-refractivity contribution in [3.8, 4) is 0 Å². The minimum Gasteiger partial charge on any atom is -0.505 e. The second kappa shape index (κ2) is 16.4. The number of benzene rings is 5. The second-order valence-electron chi connectivity index (χ2n) is 12.9. The smallest absolute Gasteiger partial charge is 0.296 e. The Balaban J connectivity index is 1.19. The summed E-state index contributed by atoms with van der Waals surface area (Å²) in [6.07, 6.45) is 4.19. The molecule has 0 heterocycles. The van der Waals surface area contributed by atoms with Gasteiger partial charge in [-0.1, -0.05) is 24.3 Å². The topological polar surface area (TPSA) is 342 Å². The highest BCUT2D eigenvalue weighted by Crippen LogP contribution is 2.41. The second-order valence-corrected chi connectivity index (χ2v) is 17.1. The van der Waals surface area contributed by atoms with Crippen LogP contribution in [0.4, 0.5) is 39.8 Å². The third kappa shape index (κ3) is 9.09. The number of allylic oxidation sites excluding steroid dienone is 4. The Morgan fingerprint density at radius 3 is 1.94 bits per heavy atom. The van der Waals surface area contributed by atoms with Crippen LogP contribution >= 0.6 is 0 Å². The molecule has 0 saturated carbocycles. The van der Waals surface area contributed by atoms with Gasteiger partial charge in [-0.2, -0.15) is 45.7 Å². The predicted molar refractivity (Wildman–Crippen MR) is 226 cm³/mol. The van der Waals surface area contributed by atoms with Gasteiger partial charge in [0.05, 0.1) is 44.6 Å². The van der Waals surface area contributed by atoms with Crippen LogP contribution in [0.1, 0.15) is 15.9 Å². The lowest BCUT2D eigenvalue weighted by Gasteiger charge is -2.20. The van der Waals surface area contributed by atoms with Crippen LogP contribution in [-0.4, -0.2) is 67.0 Å². The first-order valence-electron chi connectivity index (χ1n) is 17.3. The van der Waals surface area contributed by atoms with Crippen molar-refractivity contribution >= 4 is 110 Å². The minimum absolute atomic E-state index is 0.0151. The van der Waals surface area contributed by atoms with Crippen LogP contribution < -0.4 is 16.6 Å². The number of nitrogens with one attached hydrogen (secondary N) is 2. The van der Waals surface area contributed by atoms with Crippen molar-refractivity contribution in [3.05, 3.63) is 131 Å². The van der Waals surface area contributed by atoms with Gasteiger partial charge in [-0.15, -0.1) is 10.2 Å². The molecule has 2 aliphatic rings. The SMILES string of the molecule is Nc1c(N=Nc2ccc(N=Nc3ccc(N/N=C4\C=CC(=O)C=C4O)c4cc(S(=O)(=O)O)ccc34)cc2)c(S(=O)(=O)O)cc2c1C(=O)/C(=N/Nc1ccccc1)C(S(=O)(=O)O)=C2. The number of carbonyl (C=O) groups excluding carboxylic acids is 2. The van der Waals surface area contributed by atoms with Crippen LogP contribution in [0.25, 0.3) is 16.8 Å². The molecule has 0 aromatic heterocycles. The molecule has 8 N–H and O–H groups in total. The Morgan fingerprint density at radius 2 is 1.31 bits per heavy atom. The number of hydrogen-bond donors (Lipinski definition) is 7. The third-order valence-corrected chi connectivity index (χ3v) is 11.4. The van der Waals surface area contributed by atoms with Crippen molar-refractivity contribution < 1.29 is 53.6 Å². The lowest BCUT2D eigenvalue weighted by Crippen LogP contribution is -2.28. The van der Waals surface area contributed by atoms with Gasteiger partial charge < -0.3 is 10.8 Å². The van der Waals surface area contributed by atoms with Crippen LogP contribution in [0, 0.1) is 0 Å². The van der Waals surface area contributed by atoms with Crippen molar-refractivity contribution in [1.29, 1.82) is 0 Å². The molecule has 0 unspecified atom stereocenters. The van der Waals surface area contributed by atoms with Gasteiger partial charge >= 0.3 is 0 Å². The van der Waals surface area contributed by atoms with Crippen LogP contribution in [0.2, 0.25) is 0 Å². The average molecular weight is 898 g/mol. The van der Waals surface area contributed by atoms with E-state index in [2.05, 4.69) is 41.5 Å². The summed E-state index contributed by atoms with van der Waals surface area (Å²) in [6.45, 7) is 0. The number of hydrogen-bond acceptors (Lipinski definition) is 18. The summed E-state index contributed by atoms with van der Waals surface area (Å²) >= 11 is 0. The number of aliphatic hydroxyl groups excluding tert-OH is 1. The number of fused-ring (bicyclic) bond motifs is 2. The standard InChI is InChI=1S/C38H27N9O12S3/c39-35-34-20(17-33(62(57,58)59)37(38(34)50)47-41-21-4-2-1-3-5-21)16-32(61(54,55)56)36(35)46-42-23-8-6-22(7-9-23)40-43-28-14-15-29(44-45-30-13-10-24(48)18-31(30)49)27-19-25(60(51,52)53)11-12-26(27)28/h1-19,41,44,49H,39H2,(H,51,52,53)(H,54,55,56)(H,57,58,59)/b43-40?,45-30+,46-42?,47-37+. The molecule has 0 radical (unpaired) electrons. The van der Waals surface area contributed by atoms with E-state index in [1.165, 1.54) is 60.7 Å². The van der Waals surface area contributed by atoms with Crippen molar-refractivity contribution in [1.82, 2.24) is 0 Å². The van der Waals surface area contributed by atoms with E-state index in [-0.39, 0.29) is 39.4 Å². The first-order chi connectivity index (χ1) is 29.3. The normalized spacial score (nSPS) is 16.0. The van der Waals surface area contributed by atoms with Crippen LogP contribution in [0.15, 0.2) is 160 Å². The van der Waals surface area contributed by atoms with Gasteiger partial charge in [-0.05, 0) is 90.5 Å². The number of anilines is 3. The minimum atomic E-state index is -5.14. The molecule has 0 atom stereocenters. The van der Waals surface area contributed by atoms with Crippen molar-refractivity contribution in [2.24, 2.45) is 30.7 Å². The van der Waals surface area contributed by atoms with Crippen LogP contribution in [0.5, 0.6) is 0 Å². The van der Waals surface area contributed by atoms with Gasteiger partial charge in [0.25, 0.3) is 30.4 Å². The monoisotopic (exact) mass is 897 g/mol. The lowest BCUT2D eigenvalue weighted by atomic mass is 9.92. The third-order valence-electron chi connectivity index (χ3n) is 8.82. The molecule has 314 valence electrons. The van der Waals surface area contributed by atoms with Crippen LogP contribution in [-0.2, 0) is 35.1 Å². The van der Waals surface area contributed by atoms with Gasteiger partial charge in [0, 0.05) is 16.8 Å². The van der Waals surface area contributed by atoms with E-state index in [1.54, 1.807) is 30.3 Å². The number of carbonyl (C=O) groups is 2. The number of para-hydroxylation sites is 1. The highest BCUT2D eigenvalue weighted by Gasteiger charge is 2.37. The fourth-order valence-electron chi connectivity index (χ4n) is 5.91. The molecule has 0 amide bonds. The number of hydrazone groups is 2. The van der Waals surface area contributed by atoms with E-state index in [1.807, 2.05) is 0 Å². The number of aliphatic hydroxyl groups is 1. The van der Waals surface area contributed by atoms with E-state index in [0.717, 1.165) is 24.3 Å². The Kier molecular flexibility index (Phi) is 11.3. The number of azo groups is 2. The number of nitrogen functional groups attached to an aromatic ring is 1. The molecule has 0 spiro atoms. The zero-order chi connectivity index (χ0) is 44.6. The Morgan fingerprint density at radius 1 is 0.629 bits per heavy atom. The quantitative estimate of drug-likeness (QED) is 0.0231. The summed E-state index contributed by atoms with van der Waals surface area (Å²) in [5.74, 6) is -1.98. The molecule has 5 aromatic rings. The fraction of sp³-hybridized carbons (Fsp3) is 0. The first-order valence-corrected chi connectivity index (χ1v) is 21.6. The number of Topliss-reactive ketones (excluding diaryl/α,β-unsaturated/α-hetero) is 1. The number of ketones is 2. The fourth-order valence-corrected chi connectivity index (χ4v) is 7.75. The Labute approximate surface area is 350 Å². The molecular formula is C38H27N9O12S3. The Hall–Kier alpha value is -7.61. The van der Waals surface area contributed by atoms with Crippen molar-refractivity contribution in [2.75, 3.05) is 16.6 Å². The van der Waals surface area contributed by atoms with Gasteiger partial charge in [0.15, 0.2) is 11.5 Å². The zero-order valence-electron chi connectivity index (χ0n) is 31.0. The van der Waals surface area contributed by atoms with E-state index in [0.29, 0.717) is 11.1 Å². The number of rotatable bonds is 11. The van der Waals surface area contributed by atoms with E-state index < -0.39 is 85.0 Å². The van der Waals surface area contributed by atoms with Gasteiger partial charge in [0.2, 0.25) is 5.78 Å². The zero-order valence-corrected chi connectivity index (χ0v) is 33.5. The molecule has 5 aromatic carbocycles. The summed E-state index contributed by atoms with van der Waals surface area (Å²) in [7, 11) is -14.9. The number of nitrogens with zero attached hydrogens (tertiary/aromatic N) is 6. The van der Waals surface area contributed by atoms with Gasteiger partial charge in [0.1, 0.15) is 27.0 Å². The number of nitrogens with two attached hydrogens (primary N) is 1. The van der Waals surface area contributed by atoms with E-state index in [4.69, 9.17) is 5.73 Å². The highest BCUT2D eigenvalue weighted by molar-refractivity contribution is 7.91. The summed E-state index contributed by atoms with van der Waals surface area (Å²) in [6, 6.07) is 21.2. The maximum absolute atomic E-state index is 13.7. The predicted octanol–water partition coefficient (Wildman–Crippen LogP) is 6.99. The summed E-state index contributed by atoms with van der Waals surface area (Å²) < 4.78 is 103. The molecule has 0 aliphatic heterocycles. The largest absolute Gasteiger partial charge is 0.505 e. The van der Waals surface area contributed by atoms with E-state index in [9.17, 15) is 53.6 Å². The van der Waals surface area contributed by atoms with Crippen LogP contribution in [0.3, 0.4) is 0 Å². The molecular weight excluding hydrogens is 871 g/mol. The summed E-state index contributed by atoms with van der Waals surface area (Å²) in [4.78, 5) is 22.9. The summed E-state index contributed by atoms with van der Waals surface area (Å²) in [5, 5.41) is 35.0. The molecule has 7 rings (SSSR count). The van der Waals surface area contributed by atoms with E-state index >= 15 is 0 Å². The Bertz CT molecular complexity index is 3310. The average Bonchev–Trinajstić information content (AvgIpc) is 3.21. The lowest BCUT2D eigenvalue weighted by molar-refractivity contribution is -0.110.